The summed E-state index contributed by atoms with van der Waals surface area (Å²) >= 11 is 1.62. The summed E-state index contributed by atoms with van der Waals surface area (Å²) in [5.74, 6) is 0.955. The second-order valence-corrected chi connectivity index (χ2v) is 5.36. The summed E-state index contributed by atoms with van der Waals surface area (Å²) < 4.78 is 7.61. The van der Waals surface area contributed by atoms with Gasteiger partial charge in [-0.25, -0.2) is 4.98 Å². The maximum atomic E-state index is 5.82. The van der Waals surface area contributed by atoms with Crippen LogP contribution in [0, 0.1) is 0 Å². The van der Waals surface area contributed by atoms with Gasteiger partial charge in [0.1, 0.15) is 0 Å². The standard InChI is InChI=1S/C12H20N4OS/c1-9(2)17-6-4-15(3)11-10(8-13)16-5-7-18-12(16)14-11/h5,7,9H,4,6,8,13H2,1-3H3. The van der Waals surface area contributed by atoms with Crippen molar-refractivity contribution < 1.29 is 4.74 Å². The largest absolute Gasteiger partial charge is 0.377 e. The van der Waals surface area contributed by atoms with E-state index in [-0.39, 0.29) is 6.10 Å². The van der Waals surface area contributed by atoms with Crippen LogP contribution >= 0.6 is 11.3 Å². The molecule has 0 aliphatic carbocycles. The molecule has 0 saturated heterocycles. The lowest BCUT2D eigenvalue weighted by molar-refractivity contribution is 0.0845. The van der Waals surface area contributed by atoms with Crippen molar-refractivity contribution in [1.82, 2.24) is 9.38 Å². The van der Waals surface area contributed by atoms with Crippen LogP contribution in [0.25, 0.3) is 4.96 Å². The number of anilines is 1. The van der Waals surface area contributed by atoms with Gasteiger partial charge in [0.15, 0.2) is 10.8 Å². The predicted octanol–water partition coefficient (Wildman–Crippen LogP) is 1.72. The van der Waals surface area contributed by atoms with Crippen LogP contribution < -0.4 is 10.6 Å². The Labute approximate surface area is 111 Å². The first-order chi connectivity index (χ1) is 8.63. The van der Waals surface area contributed by atoms with E-state index in [4.69, 9.17) is 10.5 Å². The van der Waals surface area contributed by atoms with E-state index < -0.39 is 0 Å². The molecule has 0 bridgehead atoms. The molecule has 0 saturated carbocycles. The number of hydrogen-bond acceptors (Lipinski definition) is 5. The Bertz CT molecular complexity index is 505. The molecule has 0 amide bonds. The number of nitrogens with zero attached hydrogens (tertiary/aromatic N) is 3. The van der Waals surface area contributed by atoms with Gasteiger partial charge in [0, 0.05) is 31.7 Å². The van der Waals surface area contributed by atoms with Gasteiger partial charge < -0.3 is 15.4 Å². The molecule has 2 aromatic heterocycles. The zero-order valence-electron chi connectivity index (χ0n) is 11.1. The second-order valence-electron chi connectivity index (χ2n) is 4.48. The molecule has 18 heavy (non-hydrogen) atoms. The minimum Gasteiger partial charge on any atom is -0.377 e. The van der Waals surface area contributed by atoms with Crippen LogP contribution in [0.2, 0.25) is 0 Å². The van der Waals surface area contributed by atoms with Crippen LogP contribution in [0.15, 0.2) is 11.6 Å². The number of rotatable bonds is 6. The third-order valence-electron chi connectivity index (χ3n) is 2.77. The summed E-state index contributed by atoms with van der Waals surface area (Å²) in [6, 6.07) is 0. The van der Waals surface area contributed by atoms with Crippen LogP contribution in [0.4, 0.5) is 5.82 Å². The van der Waals surface area contributed by atoms with Crippen molar-refractivity contribution in [1.29, 1.82) is 0 Å². The number of thiazole rings is 1. The van der Waals surface area contributed by atoms with Crippen molar-refractivity contribution >= 4 is 22.1 Å². The second kappa shape index (κ2) is 5.69. The zero-order chi connectivity index (χ0) is 13.1. The third kappa shape index (κ3) is 2.66. The van der Waals surface area contributed by atoms with Gasteiger partial charge in [-0.1, -0.05) is 0 Å². The molecule has 0 fully saturated rings. The maximum Gasteiger partial charge on any atom is 0.195 e. The summed E-state index contributed by atoms with van der Waals surface area (Å²) in [5, 5.41) is 2.02. The Hall–Kier alpha value is -1.11. The zero-order valence-corrected chi connectivity index (χ0v) is 11.9. The quantitative estimate of drug-likeness (QED) is 0.866. The van der Waals surface area contributed by atoms with Gasteiger partial charge in [0.05, 0.1) is 18.4 Å². The van der Waals surface area contributed by atoms with Gasteiger partial charge >= 0.3 is 0 Å². The average Bonchev–Trinajstić information content (AvgIpc) is 2.87. The fourth-order valence-electron chi connectivity index (χ4n) is 1.85. The molecule has 0 atom stereocenters. The first-order valence-electron chi connectivity index (χ1n) is 6.10. The number of hydrogen-bond donors (Lipinski definition) is 1. The van der Waals surface area contributed by atoms with E-state index in [1.54, 1.807) is 11.3 Å². The molecule has 0 unspecified atom stereocenters. The Balaban J connectivity index is 2.11. The smallest absolute Gasteiger partial charge is 0.195 e. The Morgan fingerprint density at radius 2 is 2.33 bits per heavy atom. The van der Waals surface area contributed by atoms with Crippen molar-refractivity contribution in [3.63, 3.8) is 0 Å². The molecule has 0 aliphatic rings. The van der Waals surface area contributed by atoms with E-state index in [2.05, 4.69) is 14.3 Å². The number of ether oxygens (including phenoxy) is 1. The van der Waals surface area contributed by atoms with E-state index in [9.17, 15) is 0 Å². The maximum absolute atomic E-state index is 5.82. The fraction of sp³-hybridized carbons (Fsp3) is 0.583. The highest BCUT2D eigenvalue weighted by molar-refractivity contribution is 7.15. The number of aromatic nitrogens is 2. The predicted molar refractivity (Wildman–Crippen MR) is 75.3 cm³/mol. The minimum absolute atomic E-state index is 0.262. The molecule has 2 heterocycles. The van der Waals surface area contributed by atoms with E-state index in [1.807, 2.05) is 32.5 Å². The highest BCUT2D eigenvalue weighted by Gasteiger charge is 2.15. The van der Waals surface area contributed by atoms with Crippen molar-refractivity contribution in [2.45, 2.75) is 26.5 Å². The summed E-state index contributed by atoms with van der Waals surface area (Å²) in [5.41, 5.74) is 6.87. The summed E-state index contributed by atoms with van der Waals surface area (Å²) in [6.45, 7) is 6.08. The average molecular weight is 268 g/mol. The van der Waals surface area contributed by atoms with E-state index in [1.165, 1.54) is 0 Å². The van der Waals surface area contributed by atoms with Crippen LogP contribution in [0.1, 0.15) is 19.5 Å². The molecular weight excluding hydrogens is 248 g/mol. The van der Waals surface area contributed by atoms with Gasteiger partial charge in [0.2, 0.25) is 0 Å². The Morgan fingerprint density at radius 3 is 3.00 bits per heavy atom. The first kappa shape index (κ1) is 13.3. The van der Waals surface area contributed by atoms with Crippen molar-refractivity contribution in [2.24, 2.45) is 5.73 Å². The molecule has 5 nitrogen and oxygen atoms in total. The van der Waals surface area contributed by atoms with Gasteiger partial charge in [0.25, 0.3) is 0 Å². The first-order valence-corrected chi connectivity index (χ1v) is 6.98. The molecule has 2 rings (SSSR count). The topological polar surface area (TPSA) is 55.8 Å². The van der Waals surface area contributed by atoms with Gasteiger partial charge in [-0.15, -0.1) is 11.3 Å². The lowest BCUT2D eigenvalue weighted by atomic mass is 10.4. The molecule has 0 aliphatic heterocycles. The van der Waals surface area contributed by atoms with Crippen molar-refractivity contribution in [3.8, 4) is 0 Å². The van der Waals surface area contributed by atoms with Crippen LogP contribution in [0.3, 0.4) is 0 Å². The Morgan fingerprint density at radius 1 is 1.56 bits per heavy atom. The van der Waals surface area contributed by atoms with Gasteiger partial charge in [-0.2, -0.15) is 0 Å². The molecule has 2 N–H and O–H groups in total. The molecule has 6 heteroatoms. The van der Waals surface area contributed by atoms with E-state index in [0.717, 1.165) is 23.0 Å². The summed E-state index contributed by atoms with van der Waals surface area (Å²) in [4.78, 5) is 7.70. The monoisotopic (exact) mass is 268 g/mol. The van der Waals surface area contributed by atoms with E-state index >= 15 is 0 Å². The minimum atomic E-state index is 0.262. The molecule has 0 aromatic carbocycles. The SMILES string of the molecule is CC(C)OCCN(C)c1nc2sccn2c1CN. The van der Waals surface area contributed by atoms with E-state index in [0.29, 0.717) is 13.2 Å². The number of imidazole rings is 1. The lowest BCUT2D eigenvalue weighted by Gasteiger charge is -2.18. The van der Waals surface area contributed by atoms with Gasteiger partial charge in [-0.3, -0.25) is 4.40 Å². The van der Waals surface area contributed by atoms with Crippen LogP contribution in [0.5, 0.6) is 0 Å². The number of fused-ring (bicyclic) bond motifs is 1. The third-order valence-corrected chi connectivity index (χ3v) is 3.53. The highest BCUT2D eigenvalue weighted by atomic mass is 32.1. The molecule has 100 valence electrons. The van der Waals surface area contributed by atoms with Crippen molar-refractivity contribution in [2.75, 3.05) is 25.1 Å². The molecular formula is C12H20N4OS. The molecule has 0 radical (unpaired) electrons. The number of nitrogens with two attached hydrogens (primary N) is 1. The highest BCUT2D eigenvalue weighted by Crippen LogP contribution is 2.23. The lowest BCUT2D eigenvalue weighted by Crippen LogP contribution is -2.25. The normalized spacial score (nSPS) is 11.6. The summed E-state index contributed by atoms with van der Waals surface area (Å²) in [6.07, 6.45) is 2.27. The fourth-order valence-corrected chi connectivity index (χ4v) is 2.58. The Kier molecular flexibility index (Phi) is 4.21. The number of likely N-dealkylation sites (N-methyl/N-ethyl adjacent to an activating group) is 1. The van der Waals surface area contributed by atoms with Crippen LogP contribution in [-0.2, 0) is 11.3 Å². The molecule has 2 aromatic rings. The van der Waals surface area contributed by atoms with Crippen LogP contribution in [-0.4, -0.2) is 35.7 Å². The molecule has 0 spiro atoms. The van der Waals surface area contributed by atoms with Crippen molar-refractivity contribution in [3.05, 3.63) is 17.3 Å². The van der Waals surface area contributed by atoms with Gasteiger partial charge in [-0.05, 0) is 13.8 Å². The summed E-state index contributed by atoms with van der Waals surface area (Å²) in [7, 11) is 2.02.